The van der Waals surface area contributed by atoms with Crippen LogP contribution in [0.1, 0.15) is 0 Å². The van der Waals surface area contributed by atoms with Gasteiger partial charge in [0.05, 0.1) is 0 Å². The van der Waals surface area contributed by atoms with Crippen LogP contribution in [0.4, 0.5) is 0 Å². The van der Waals surface area contributed by atoms with Crippen LogP contribution in [-0.4, -0.2) is 5.48 Å². The summed E-state index contributed by atoms with van der Waals surface area (Å²) in [6.45, 7) is 0. The van der Waals surface area contributed by atoms with Crippen molar-refractivity contribution in [1.29, 1.82) is 0 Å². The zero-order chi connectivity index (χ0) is 3.58. The molecule has 0 unspecified atom stereocenters. The number of hydrogen-bond acceptors (Lipinski definition) is 0. The second kappa shape index (κ2) is 5.93. The van der Waals surface area contributed by atoms with E-state index in [0.717, 1.165) is 0 Å². The summed E-state index contributed by atoms with van der Waals surface area (Å²) in [5, 5.41) is 0. The standard InChI is InChI=1S/3BrH.Cr.H2O/h3*1H;;1H2/q;;;+3;/p-3. The van der Waals surface area contributed by atoms with Gasteiger partial charge in [-0.25, -0.2) is 0 Å². The van der Waals surface area contributed by atoms with Crippen LogP contribution in [-0.2, 0) is 8.67 Å². The molecule has 0 heterocycles. The zero-order valence-corrected chi connectivity index (χ0v) is 8.08. The summed E-state index contributed by atoms with van der Waals surface area (Å²) in [5.41, 5.74) is 0. The fraction of sp³-hybridized carbons (Fsp3) is 0. The third-order valence-electron chi connectivity index (χ3n) is 0. The van der Waals surface area contributed by atoms with E-state index in [0.29, 0.717) is 0 Å². The Morgan fingerprint density at radius 3 is 1.00 bits per heavy atom. The molecule has 0 rings (SSSR count). The molecule has 0 saturated carbocycles. The molecule has 1 nitrogen and oxygen atoms in total. The van der Waals surface area contributed by atoms with E-state index in [1.807, 2.05) is 0 Å². The van der Waals surface area contributed by atoms with Gasteiger partial charge in [0, 0.05) is 0 Å². The molecule has 5 heteroatoms. The van der Waals surface area contributed by atoms with E-state index in [1.165, 1.54) is 0 Å². The molecular weight excluding hydrogens is 308 g/mol. The fourth-order valence-corrected chi connectivity index (χ4v) is 0. The van der Waals surface area contributed by atoms with Crippen molar-refractivity contribution >= 4 is 42.2 Å². The summed E-state index contributed by atoms with van der Waals surface area (Å²) in [5.74, 6) is 0. The Morgan fingerprint density at radius 2 is 1.00 bits per heavy atom. The second-order valence-corrected chi connectivity index (χ2v) is 19.5. The average molecular weight is 310 g/mol. The van der Waals surface area contributed by atoms with Gasteiger partial charge in [0.15, 0.2) is 0 Å². The van der Waals surface area contributed by atoms with Gasteiger partial charge in [-0.2, -0.15) is 0 Å². The van der Waals surface area contributed by atoms with Gasteiger partial charge in [0.1, 0.15) is 0 Å². The van der Waals surface area contributed by atoms with Crippen molar-refractivity contribution in [2.75, 3.05) is 0 Å². The third-order valence-corrected chi connectivity index (χ3v) is 0. The van der Waals surface area contributed by atoms with E-state index in [4.69, 9.17) is 0 Å². The van der Waals surface area contributed by atoms with Crippen LogP contribution in [0.5, 0.6) is 0 Å². The topological polar surface area (TPSA) is 31.5 Å². The van der Waals surface area contributed by atoms with E-state index in [2.05, 4.69) is 42.2 Å². The van der Waals surface area contributed by atoms with Gasteiger partial charge in [0.2, 0.25) is 0 Å². The van der Waals surface area contributed by atoms with E-state index >= 15 is 0 Å². The van der Waals surface area contributed by atoms with Crippen LogP contribution in [0.2, 0.25) is 0 Å². The molecule has 35 valence electrons. The monoisotopic (exact) mass is 307 g/mol. The van der Waals surface area contributed by atoms with Crippen molar-refractivity contribution in [3.63, 3.8) is 0 Å². The molecular formula is H2Br3CrO. The molecule has 0 aliphatic rings. The van der Waals surface area contributed by atoms with Gasteiger partial charge >= 0.3 is 50.8 Å². The second-order valence-electron chi connectivity index (χ2n) is 0.175. The molecule has 2 N–H and O–H groups in total. The molecule has 5 heavy (non-hydrogen) atoms. The molecule has 0 bridgehead atoms. The summed E-state index contributed by atoms with van der Waals surface area (Å²) in [7, 11) is -0.604. The van der Waals surface area contributed by atoms with Gasteiger partial charge in [-0.3, -0.25) is 0 Å². The van der Waals surface area contributed by atoms with Crippen molar-refractivity contribution in [2.45, 2.75) is 0 Å². The van der Waals surface area contributed by atoms with Gasteiger partial charge in [0.25, 0.3) is 0 Å². The first kappa shape index (κ1) is 10.0. The Morgan fingerprint density at radius 1 is 1.00 bits per heavy atom. The van der Waals surface area contributed by atoms with Gasteiger partial charge in [-0.1, -0.05) is 0 Å². The molecule has 0 aromatic heterocycles. The average Bonchev–Trinajstić information content (AvgIpc) is 0.811. The number of rotatable bonds is 0. The van der Waals surface area contributed by atoms with E-state index in [-0.39, 0.29) is 5.48 Å². The Kier molecular flexibility index (Phi) is 11.9. The molecule has 0 aliphatic carbocycles. The predicted octanol–water partition coefficient (Wildman–Crippen LogP) is 1.71. The molecule has 0 aromatic carbocycles. The molecule has 0 aromatic rings. The van der Waals surface area contributed by atoms with Crippen LogP contribution in [0.3, 0.4) is 0 Å². The Bertz CT molecular complexity index is 11.6. The van der Waals surface area contributed by atoms with Crippen LogP contribution in [0.15, 0.2) is 0 Å². The van der Waals surface area contributed by atoms with Gasteiger partial charge in [-0.05, 0) is 0 Å². The molecule has 0 radical (unpaired) electrons. The molecule has 0 aliphatic heterocycles. The van der Waals surface area contributed by atoms with Crippen molar-refractivity contribution < 1.29 is 14.1 Å². The SMILES string of the molecule is O.[Br][Cr]([Br])[Br]. The molecule has 0 amide bonds. The molecule has 0 atom stereocenters. The Balaban J connectivity index is 0. The number of hydrogen-bond donors (Lipinski definition) is 0. The summed E-state index contributed by atoms with van der Waals surface area (Å²) in [6.07, 6.45) is 0. The van der Waals surface area contributed by atoms with Crippen molar-refractivity contribution in [3.05, 3.63) is 0 Å². The summed E-state index contributed by atoms with van der Waals surface area (Å²) >= 11 is 9.69. The van der Waals surface area contributed by atoms with Crippen LogP contribution in [0.25, 0.3) is 0 Å². The maximum atomic E-state index is 3.23. The van der Waals surface area contributed by atoms with E-state index in [9.17, 15) is 0 Å². The normalized spacial score (nSPS) is 7.20. The van der Waals surface area contributed by atoms with Crippen molar-refractivity contribution in [1.82, 2.24) is 0 Å². The minimum atomic E-state index is -0.604. The number of halogens is 3. The van der Waals surface area contributed by atoms with Crippen LogP contribution in [0, 0.1) is 0 Å². The fourth-order valence-electron chi connectivity index (χ4n) is 0. The van der Waals surface area contributed by atoms with E-state index < -0.39 is 8.67 Å². The van der Waals surface area contributed by atoms with Gasteiger partial charge < -0.3 is 5.48 Å². The van der Waals surface area contributed by atoms with Crippen LogP contribution < -0.4 is 0 Å². The van der Waals surface area contributed by atoms with E-state index in [1.54, 1.807) is 0 Å². The summed E-state index contributed by atoms with van der Waals surface area (Å²) < 4.78 is 0. The molecule has 0 saturated heterocycles. The van der Waals surface area contributed by atoms with Crippen molar-refractivity contribution in [3.8, 4) is 0 Å². The molecule has 0 fully saturated rings. The Labute approximate surface area is 55.8 Å². The van der Waals surface area contributed by atoms with Crippen LogP contribution >= 0.6 is 42.2 Å². The first-order valence-electron chi connectivity index (χ1n) is 0.463. The quantitative estimate of drug-likeness (QED) is 0.652. The maximum absolute atomic E-state index is 3.23. The predicted molar refractivity (Wildman–Crippen MR) is 30.4 cm³/mol. The minimum absolute atomic E-state index is 0. The zero-order valence-electron chi connectivity index (χ0n) is 2.04. The summed E-state index contributed by atoms with van der Waals surface area (Å²) in [4.78, 5) is 0. The first-order chi connectivity index (χ1) is 1.73. The molecule has 0 spiro atoms. The third kappa shape index (κ3) is 24.6. The van der Waals surface area contributed by atoms with Crippen molar-refractivity contribution in [2.24, 2.45) is 0 Å². The Hall–Kier alpha value is 1.93. The first-order valence-corrected chi connectivity index (χ1v) is 9.92. The van der Waals surface area contributed by atoms with Gasteiger partial charge in [-0.15, -0.1) is 0 Å². The summed E-state index contributed by atoms with van der Waals surface area (Å²) in [6, 6.07) is 0.